The maximum Gasteiger partial charge on any atom is 0.227 e. The van der Waals surface area contributed by atoms with Crippen molar-refractivity contribution in [2.45, 2.75) is 19.5 Å². The minimum Gasteiger partial charge on any atom is -0.339 e. The second kappa shape index (κ2) is 6.37. The number of anilines is 3. The molecule has 2 N–H and O–H groups in total. The average Bonchev–Trinajstić information content (AvgIpc) is 3.04. The van der Waals surface area contributed by atoms with Crippen LogP contribution in [0.15, 0.2) is 29.4 Å². The van der Waals surface area contributed by atoms with Gasteiger partial charge >= 0.3 is 0 Å². The molecule has 1 aromatic heterocycles. The topological polar surface area (TPSA) is 65.4 Å². The predicted molar refractivity (Wildman–Crippen MR) is 97.7 cm³/mol. The summed E-state index contributed by atoms with van der Waals surface area (Å²) >= 11 is 6.29. The van der Waals surface area contributed by atoms with Gasteiger partial charge in [0.05, 0.1) is 12.7 Å². The van der Waals surface area contributed by atoms with Gasteiger partial charge in [-0.15, -0.1) is 0 Å². The summed E-state index contributed by atoms with van der Waals surface area (Å²) in [6.45, 7) is 5.62. The van der Waals surface area contributed by atoms with Crippen molar-refractivity contribution in [2.75, 3.05) is 29.9 Å². The number of nitrogens with one attached hydrogen (secondary N) is 2. The Labute approximate surface area is 146 Å². The molecule has 2 aliphatic rings. The number of benzene rings is 1. The summed E-state index contributed by atoms with van der Waals surface area (Å²) in [4.78, 5) is 15.5. The molecule has 6 nitrogen and oxygen atoms in total. The standard InChI is InChI=1S/C17H19ClN6/c1-11-10-24(5-4-20-11)17-21-9-15(18)16(23-17)22-14-3-2-12-7-19-8-13(12)6-14/h2-3,6,8-9,11,20H,4-5,7,10H2,1H3,(H,21,22,23). The van der Waals surface area contributed by atoms with Gasteiger partial charge < -0.3 is 15.5 Å². The third-order valence-corrected chi connectivity index (χ3v) is 4.56. The Hall–Kier alpha value is -2.18. The van der Waals surface area contributed by atoms with Gasteiger partial charge in [-0.2, -0.15) is 4.98 Å². The van der Waals surface area contributed by atoms with Gasteiger partial charge in [0.25, 0.3) is 0 Å². The van der Waals surface area contributed by atoms with Crippen molar-refractivity contribution in [3.8, 4) is 0 Å². The summed E-state index contributed by atoms with van der Waals surface area (Å²) in [6.07, 6.45) is 3.56. The molecule has 1 saturated heterocycles. The zero-order chi connectivity index (χ0) is 16.5. The molecule has 0 saturated carbocycles. The molecule has 1 unspecified atom stereocenters. The fourth-order valence-electron chi connectivity index (χ4n) is 3.03. The normalized spacial score (nSPS) is 19.4. The molecular formula is C17H19ClN6. The van der Waals surface area contributed by atoms with Crippen LogP contribution in [0.5, 0.6) is 0 Å². The van der Waals surface area contributed by atoms with Crippen LogP contribution < -0.4 is 15.5 Å². The fourth-order valence-corrected chi connectivity index (χ4v) is 3.17. The summed E-state index contributed by atoms with van der Waals surface area (Å²) in [5, 5.41) is 7.24. The van der Waals surface area contributed by atoms with Crippen molar-refractivity contribution in [2.24, 2.45) is 4.99 Å². The molecule has 0 radical (unpaired) electrons. The van der Waals surface area contributed by atoms with Crippen molar-refractivity contribution in [1.29, 1.82) is 0 Å². The van der Waals surface area contributed by atoms with Gasteiger partial charge in [-0.05, 0) is 30.2 Å². The molecule has 0 amide bonds. The number of hydrogen-bond donors (Lipinski definition) is 2. The SMILES string of the molecule is CC1CN(c2ncc(Cl)c(Nc3ccc4c(c3)C=NC4)n2)CCN1. The molecule has 0 bridgehead atoms. The molecule has 1 atom stereocenters. The summed E-state index contributed by atoms with van der Waals surface area (Å²) in [5.74, 6) is 1.33. The maximum atomic E-state index is 6.29. The van der Waals surface area contributed by atoms with Gasteiger partial charge in [-0.3, -0.25) is 4.99 Å². The van der Waals surface area contributed by atoms with Crippen LogP contribution in [-0.4, -0.2) is 41.9 Å². The first-order chi connectivity index (χ1) is 11.7. The van der Waals surface area contributed by atoms with Gasteiger partial charge in [-0.25, -0.2) is 4.98 Å². The highest BCUT2D eigenvalue weighted by atomic mass is 35.5. The van der Waals surface area contributed by atoms with E-state index in [-0.39, 0.29) is 0 Å². The molecule has 0 spiro atoms. The summed E-state index contributed by atoms with van der Waals surface area (Å²) in [6, 6.07) is 6.60. The van der Waals surface area contributed by atoms with Crippen molar-refractivity contribution in [3.63, 3.8) is 0 Å². The van der Waals surface area contributed by atoms with Crippen molar-refractivity contribution < 1.29 is 0 Å². The summed E-state index contributed by atoms with van der Waals surface area (Å²) in [7, 11) is 0. The molecule has 1 aromatic carbocycles. The monoisotopic (exact) mass is 342 g/mol. The van der Waals surface area contributed by atoms with E-state index in [1.54, 1.807) is 6.20 Å². The molecule has 2 aromatic rings. The number of halogens is 1. The van der Waals surface area contributed by atoms with Gasteiger partial charge in [0.1, 0.15) is 5.02 Å². The third kappa shape index (κ3) is 3.07. The molecule has 124 valence electrons. The number of aliphatic imine (C=N–C) groups is 1. The molecule has 7 heteroatoms. The first kappa shape index (κ1) is 15.4. The Morgan fingerprint density at radius 2 is 2.29 bits per heavy atom. The van der Waals surface area contributed by atoms with Crippen LogP contribution in [0.2, 0.25) is 5.02 Å². The Balaban J connectivity index is 1.58. The lowest BCUT2D eigenvalue weighted by Gasteiger charge is -2.32. The largest absolute Gasteiger partial charge is 0.339 e. The Morgan fingerprint density at radius 3 is 3.17 bits per heavy atom. The van der Waals surface area contributed by atoms with Crippen LogP contribution in [0.3, 0.4) is 0 Å². The molecule has 3 heterocycles. The number of fused-ring (bicyclic) bond motifs is 1. The Kier molecular flexibility index (Phi) is 4.08. The highest BCUT2D eigenvalue weighted by Crippen LogP contribution is 2.27. The number of hydrogen-bond acceptors (Lipinski definition) is 6. The number of rotatable bonds is 3. The molecule has 2 aliphatic heterocycles. The van der Waals surface area contributed by atoms with Crippen molar-refractivity contribution in [1.82, 2.24) is 15.3 Å². The van der Waals surface area contributed by atoms with E-state index in [0.717, 1.165) is 37.4 Å². The van der Waals surface area contributed by atoms with E-state index in [1.807, 2.05) is 12.3 Å². The lowest BCUT2D eigenvalue weighted by Crippen LogP contribution is -2.49. The maximum absolute atomic E-state index is 6.29. The van der Waals surface area contributed by atoms with E-state index in [2.05, 4.69) is 49.6 Å². The first-order valence-electron chi connectivity index (χ1n) is 8.10. The molecule has 1 fully saturated rings. The van der Waals surface area contributed by atoms with Crippen LogP contribution >= 0.6 is 11.6 Å². The smallest absolute Gasteiger partial charge is 0.227 e. The zero-order valence-corrected chi connectivity index (χ0v) is 14.2. The number of aromatic nitrogens is 2. The van der Waals surface area contributed by atoms with Gasteiger partial charge in [0.2, 0.25) is 5.95 Å². The highest BCUT2D eigenvalue weighted by Gasteiger charge is 2.19. The average molecular weight is 343 g/mol. The lowest BCUT2D eigenvalue weighted by atomic mass is 10.1. The van der Waals surface area contributed by atoms with Crippen LogP contribution in [0, 0.1) is 0 Å². The molecule has 0 aliphatic carbocycles. The Bertz CT molecular complexity index is 791. The Morgan fingerprint density at radius 1 is 1.38 bits per heavy atom. The predicted octanol–water partition coefficient (Wildman–Crippen LogP) is 2.60. The van der Waals surface area contributed by atoms with Gasteiger partial charge in [0, 0.05) is 37.6 Å². The molecule has 24 heavy (non-hydrogen) atoms. The first-order valence-corrected chi connectivity index (χ1v) is 8.47. The quantitative estimate of drug-likeness (QED) is 0.897. The van der Waals surface area contributed by atoms with E-state index in [0.29, 0.717) is 22.8 Å². The van der Waals surface area contributed by atoms with Gasteiger partial charge in [-0.1, -0.05) is 17.7 Å². The summed E-state index contributed by atoms with van der Waals surface area (Å²) < 4.78 is 0. The minimum atomic E-state index is 0.422. The summed E-state index contributed by atoms with van der Waals surface area (Å²) in [5.41, 5.74) is 3.33. The zero-order valence-electron chi connectivity index (χ0n) is 13.5. The van der Waals surface area contributed by atoms with Crippen LogP contribution in [-0.2, 0) is 6.54 Å². The van der Waals surface area contributed by atoms with E-state index < -0.39 is 0 Å². The van der Waals surface area contributed by atoms with E-state index in [1.165, 1.54) is 5.56 Å². The van der Waals surface area contributed by atoms with Gasteiger partial charge in [0.15, 0.2) is 5.82 Å². The molecular weight excluding hydrogens is 324 g/mol. The highest BCUT2D eigenvalue weighted by molar-refractivity contribution is 6.32. The lowest BCUT2D eigenvalue weighted by molar-refractivity contribution is 0.479. The van der Waals surface area contributed by atoms with Crippen molar-refractivity contribution >= 4 is 35.3 Å². The number of piperazine rings is 1. The van der Waals surface area contributed by atoms with E-state index in [4.69, 9.17) is 11.6 Å². The van der Waals surface area contributed by atoms with E-state index >= 15 is 0 Å². The van der Waals surface area contributed by atoms with Crippen LogP contribution in [0.25, 0.3) is 0 Å². The second-order valence-electron chi connectivity index (χ2n) is 6.18. The van der Waals surface area contributed by atoms with Crippen LogP contribution in [0.1, 0.15) is 18.1 Å². The van der Waals surface area contributed by atoms with Crippen molar-refractivity contribution in [3.05, 3.63) is 40.5 Å². The minimum absolute atomic E-state index is 0.422. The second-order valence-corrected chi connectivity index (χ2v) is 6.58. The fraction of sp³-hybridized carbons (Fsp3) is 0.353. The van der Waals surface area contributed by atoms with Crippen LogP contribution in [0.4, 0.5) is 17.5 Å². The van der Waals surface area contributed by atoms with E-state index in [9.17, 15) is 0 Å². The molecule has 4 rings (SSSR count). The third-order valence-electron chi connectivity index (χ3n) is 4.28. The number of nitrogens with zero attached hydrogens (tertiary/aromatic N) is 4.